The fraction of sp³-hybridized carbons (Fsp3) is 0.312. The molecule has 1 aliphatic rings. The second-order valence-electron chi connectivity index (χ2n) is 5.80. The highest BCUT2D eigenvalue weighted by molar-refractivity contribution is 9.10. The van der Waals surface area contributed by atoms with E-state index in [9.17, 15) is 24.0 Å². The zero-order chi connectivity index (χ0) is 19.6. The number of hydrogen-bond donors (Lipinski definition) is 1. The lowest BCUT2D eigenvalue weighted by Gasteiger charge is -2.20. The average Bonchev–Trinajstić information content (AvgIpc) is 2.75. The van der Waals surface area contributed by atoms with E-state index < -0.39 is 36.2 Å². The van der Waals surface area contributed by atoms with Gasteiger partial charge in [-0.15, -0.1) is 0 Å². The van der Waals surface area contributed by atoms with Crippen LogP contribution < -0.4 is 5.32 Å². The predicted molar refractivity (Wildman–Crippen MR) is 95.0 cm³/mol. The third-order valence-electron chi connectivity index (χ3n) is 3.81. The van der Waals surface area contributed by atoms with Crippen molar-refractivity contribution in [3.8, 4) is 0 Å². The molecule has 0 radical (unpaired) electrons. The van der Waals surface area contributed by atoms with Crippen molar-refractivity contribution in [1.29, 1.82) is 0 Å². The summed E-state index contributed by atoms with van der Waals surface area (Å²) in [5.41, 5.74) is 1.45. The van der Waals surface area contributed by atoms with Crippen molar-refractivity contribution < 1.29 is 24.0 Å². The maximum Gasteiger partial charge on any atom is 0.334 e. The molecule has 2 rings (SSSR count). The summed E-state index contributed by atoms with van der Waals surface area (Å²) in [6, 6.07) is 4.47. The van der Waals surface area contributed by atoms with Crippen LogP contribution in [0.3, 0.4) is 0 Å². The maximum absolute atomic E-state index is 12.2. The minimum atomic E-state index is -1.06. The van der Waals surface area contributed by atoms with Gasteiger partial charge in [-0.25, -0.2) is 9.69 Å². The number of urea groups is 1. The van der Waals surface area contributed by atoms with Crippen LogP contribution >= 0.6 is 15.9 Å². The molecule has 26 heavy (non-hydrogen) atoms. The Morgan fingerprint density at radius 2 is 1.85 bits per heavy atom. The second kappa shape index (κ2) is 7.65. The molecule has 1 aliphatic heterocycles. The van der Waals surface area contributed by atoms with Gasteiger partial charge in [0.25, 0.3) is 0 Å². The number of hydrogen-bond acceptors (Lipinski definition) is 5. The van der Waals surface area contributed by atoms with Crippen LogP contribution in [0.1, 0.15) is 5.56 Å². The van der Waals surface area contributed by atoms with E-state index in [4.69, 9.17) is 0 Å². The van der Waals surface area contributed by atoms with Crippen LogP contribution in [-0.2, 0) is 19.2 Å². The van der Waals surface area contributed by atoms with Crippen LogP contribution in [0, 0.1) is 6.92 Å². The number of carbonyl (C=O) groups is 5. The monoisotopic (exact) mass is 424 g/mol. The van der Waals surface area contributed by atoms with Crippen molar-refractivity contribution in [3.05, 3.63) is 28.2 Å². The van der Waals surface area contributed by atoms with Gasteiger partial charge in [0.05, 0.1) is 6.54 Å². The number of benzene rings is 1. The highest BCUT2D eigenvalue weighted by atomic mass is 79.9. The number of nitrogens with zero attached hydrogens (tertiary/aromatic N) is 3. The molecule has 6 amide bonds. The Bertz CT molecular complexity index is 810. The van der Waals surface area contributed by atoms with Crippen molar-refractivity contribution in [2.75, 3.05) is 32.5 Å². The molecule has 0 aromatic heterocycles. The van der Waals surface area contributed by atoms with E-state index in [0.717, 1.165) is 22.0 Å². The molecule has 1 saturated heterocycles. The molecule has 0 spiro atoms. The molecule has 10 heteroatoms. The minimum absolute atomic E-state index is 0.270. The molecule has 1 N–H and O–H groups in total. The van der Waals surface area contributed by atoms with Gasteiger partial charge in [-0.2, -0.15) is 0 Å². The molecule has 0 atom stereocenters. The van der Waals surface area contributed by atoms with Gasteiger partial charge < -0.3 is 10.2 Å². The molecule has 1 aromatic rings. The van der Waals surface area contributed by atoms with Crippen LogP contribution in [-0.4, -0.2) is 71.5 Å². The van der Waals surface area contributed by atoms with E-state index in [-0.39, 0.29) is 6.54 Å². The van der Waals surface area contributed by atoms with Crippen molar-refractivity contribution in [2.45, 2.75) is 6.92 Å². The average molecular weight is 425 g/mol. The van der Waals surface area contributed by atoms with E-state index in [1.807, 2.05) is 13.0 Å². The predicted octanol–water partition coefficient (Wildman–Crippen LogP) is 0.575. The van der Waals surface area contributed by atoms with Crippen LogP contribution in [0.2, 0.25) is 0 Å². The highest BCUT2D eigenvalue weighted by Crippen LogP contribution is 2.20. The summed E-state index contributed by atoms with van der Waals surface area (Å²) >= 11 is 3.33. The summed E-state index contributed by atoms with van der Waals surface area (Å²) in [6.45, 7) is 0.955. The highest BCUT2D eigenvalue weighted by Gasteiger charge is 2.43. The molecule has 1 fully saturated rings. The zero-order valence-electron chi connectivity index (χ0n) is 14.4. The number of amides is 6. The minimum Gasteiger partial charge on any atom is -0.335 e. The number of halogens is 1. The summed E-state index contributed by atoms with van der Waals surface area (Å²) in [7, 11) is 2.53. The van der Waals surface area contributed by atoms with Crippen molar-refractivity contribution >= 4 is 51.3 Å². The van der Waals surface area contributed by atoms with Crippen LogP contribution in [0.4, 0.5) is 10.5 Å². The molecule has 9 nitrogen and oxygen atoms in total. The SMILES string of the molecule is Cc1cc(Br)ccc1NC(=O)CN(C)C(=O)CN1C(=O)C(=O)N(C)C1=O. The zero-order valence-corrected chi connectivity index (χ0v) is 16.0. The first-order valence-corrected chi connectivity index (χ1v) is 8.34. The number of imide groups is 2. The number of aryl methyl sites for hydroxylation is 1. The normalized spacial score (nSPS) is 14.1. The number of likely N-dealkylation sites (N-methyl/N-ethyl adjacent to an activating group) is 2. The standard InChI is InChI=1S/C16H17BrN4O5/c1-9-6-10(17)4-5-11(9)18-12(22)7-19(2)13(23)8-21-15(25)14(24)20(3)16(21)26/h4-6H,7-8H2,1-3H3,(H,18,22). The summed E-state index contributed by atoms with van der Waals surface area (Å²) < 4.78 is 0.875. The Kier molecular flexibility index (Phi) is 5.76. The third kappa shape index (κ3) is 4.07. The number of rotatable bonds is 5. The molecule has 0 bridgehead atoms. The van der Waals surface area contributed by atoms with Crippen LogP contribution in [0.15, 0.2) is 22.7 Å². The Labute approximate surface area is 158 Å². The molecule has 0 unspecified atom stereocenters. The molecular formula is C16H17BrN4O5. The number of carbonyl (C=O) groups excluding carboxylic acids is 5. The van der Waals surface area contributed by atoms with E-state index >= 15 is 0 Å². The lowest BCUT2D eigenvalue weighted by Crippen LogP contribution is -2.44. The Balaban J connectivity index is 1.94. The van der Waals surface area contributed by atoms with Gasteiger partial charge in [0.1, 0.15) is 6.54 Å². The maximum atomic E-state index is 12.2. The molecular weight excluding hydrogens is 408 g/mol. The van der Waals surface area contributed by atoms with Gasteiger partial charge in [0.15, 0.2) is 0 Å². The second-order valence-corrected chi connectivity index (χ2v) is 6.71. The Morgan fingerprint density at radius 3 is 2.38 bits per heavy atom. The lowest BCUT2D eigenvalue weighted by molar-refractivity contribution is -0.144. The quantitative estimate of drug-likeness (QED) is 0.549. The van der Waals surface area contributed by atoms with Crippen LogP contribution in [0.25, 0.3) is 0 Å². The lowest BCUT2D eigenvalue weighted by atomic mass is 10.2. The summed E-state index contributed by atoms with van der Waals surface area (Å²) in [6.07, 6.45) is 0. The van der Waals surface area contributed by atoms with Crippen molar-refractivity contribution in [1.82, 2.24) is 14.7 Å². The van der Waals surface area contributed by atoms with Crippen molar-refractivity contribution in [2.24, 2.45) is 0 Å². The summed E-state index contributed by atoms with van der Waals surface area (Å²) in [4.78, 5) is 61.4. The van der Waals surface area contributed by atoms with Crippen LogP contribution in [0.5, 0.6) is 0 Å². The topological polar surface area (TPSA) is 107 Å². The van der Waals surface area contributed by atoms with Gasteiger partial charge in [0, 0.05) is 24.3 Å². The van der Waals surface area contributed by atoms with E-state index in [1.165, 1.54) is 7.05 Å². The molecule has 138 valence electrons. The summed E-state index contributed by atoms with van der Waals surface area (Å²) in [5, 5.41) is 2.69. The Hall–Kier alpha value is -2.75. The first kappa shape index (κ1) is 19.6. The fourth-order valence-electron chi connectivity index (χ4n) is 2.27. The smallest absolute Gasteiger partial charge is 0.334 e. The largest absolute Gasteiger partial charge is 0.335 e. The molecule has 0 saturated carbocycles. The van der Waals surface area contributed by atoms with Crippen molar-refractivity contribution in [3.63, 3.8) is 0 Å². The van der Waals surface area contributed by atoms with Gasteiger partial charge in [-0.05, 0) is 30.7 Å². The molecule has 0 aliphatic carbocycles. The van der Waals surface area contributed by atoms with Gasteiger partial charge in [-0.3, -0.25) is 24.1 Å². The van der Waals surface area contributed by atoms with E-state index in [1.54, 1.807) is 12.1 Å². The third-order valence-corrected chi connectivity index (χ3v) is 4.31. The van der Waals surface area contributed by atoms with Gasteiger partial charge in [-0.1, -0.05) is 15.9 Å². The van der Waals surface area contributed by atoms with E-state index in [2.05, 4.69) is 21.2 Å². The molecule has 1 aromatic carbocycles. The van der Waals surface area contributed by atoms with Gasteiger partial charge >= 0.3 is 17.8 Å². The Morgan fingerprint density at radius 1 is 1.19 bits per heavy atom. The first-order chi connectivity index (χ1) is 12.1. The van der Waals surface area contributed by atoms with E-state index in [0.29, 0.717) is 15.5 Å². The summed E-state index contributed by atoms with van der Waals surface area (Å²) in [5.74, 6) is -3.13. The number of nitrogens with one attached hydrogen (secondary N) is 1. The fourth-order valence-corrected chi connectivity index (χ4v) is 2.75. The van der Waals surface area contributed by atoms with Gasteiger partial charge in [0.2, 0.25) is 11.8 Å². The molecule has 1 heterocycles. The first-order valence-electron chi connectivity index (χ1n) is 7.55. The number of anilines is 1.